The Bertz CT molecular complexity index is 373. The van der Waals surface area contributed by atoms with Gasteiger partial charge in [-0.1, -0.05) is 0 Å². The molecule has 0 aromatic carbocycles. The van der Waals surface area contributed by atoms with Gasteiger partial charge in [0.15, 0.2) is 5.96 Å². The number of alkyl halides is 3. The summed E-state index contributed by atoms with van der Waals surface area (Å²) in [5, 5.41) is 6.34. The zero-order chi connectivity index (χ0) is 17.8. The molecular formula is C15H30F3IN4O2. The van der Waals surface area contributed by atoms with Crippen molar-refractivity contribution in [1.29, 1.82) is 0 Å². The fourth-order valence-electron chi connectivity index (χ4n) is 2.56. The number of rotatable bonds is 10. The lowest BCUT2D eigenvalue weighted by molar-refractivity contribution is -0.143. The topological polar surface area (TPSA) is 58.1 Å². The molecule has 0 amide bonds. The number of nitrogens with one attached hydrogen (secondary N) is 2. The quantitative estimate of drug-likeness (QED) is 0.215. The van der Waals surface area contributed by atoms with Crippen LogP contribution in [0.5, 0.6) is 0 Å². The molecule has 1 rings (SSSR count). The molecule has 10 heteroatoms. The van der Waals surface area contributed by atoms with Crippen molar-refractivity contribution in [3.05, 3.63) is 0 Å². The third-order valence-electron chi connectivity index (χ3n) is 3.74. The molecule has 1 aliphatic heterocycles. The molecule has 1 unspecified atom stereocenters. The first-order valence-electron chi connectivity index (χ1n) is 8.25. The smallest absolute Gasteiger partial charge is 0.382 e. The Morgan fingerprint density at radius 3 is 2.64 bits per heavy atom. The number of ether oxygens (including phenoxy) is 2. The zero-order valence-corrected chi connectivity index (χ0v) is 17.2. The number of hydrogen-bond acceptors (Lipinski definition) is 4. The van der Waals surface area contributed by atoms with E-state index in [2.05, 4.69) is 15.6 Å². The fourth-order valence-corrected chi connectivity index (χ4v) is 2.56. The molecule has 0 saturated carbocycles. The van der Waals surface area contributed by atoms with E-state index in [1.54, 1.807) is 14.2 Å². The van der Waals surface area contributed by atoms with Gasteiger partial charge in [-0.15, -0.1) is 24.0 Å². The minimum atomic E-state index is -4.12. The van der Waals surface area contributed by atoms with E-state index in [9.17, 15) is 13.2 Å². The van der Waals surface area contributed by atoms with Crippen molar-refractivity contribution >= 4 is 29.9 Å². The summed E-state index contributed by atoms with van der Waals surface area (Å²) in [6.07, 6.45) is -2.51. The minimum Gasteiger partial charge on any atom is -0.382 e. The van der Waals surface area contributed by atoms with Gasteiger partial charge in [-0.05, 0) is 25.3 Å². The highest BCUT2D eigenvalue weighted by atomic mass is 127. The second-order valence-corrected chi connectivity index (χ2v) is 5.84. The van der Waals surface area contributed by atoms with Gasteiger partial charge in [-0.3, -0.25) is 9.89 Å². The van der Waals surface area contributed by atoms with Gasteiger partial charge in [0.1, 0.15) is 0 Å². The van der Waals surface area contributed by atoms with Gasteiger partial charge in [0.2, 0.25) is 0 Å². The predicted molar refractivity (Wildman–Crippen MR) is 103 cm³/mol. The molecule has 0 bridgehead atoms. The van der Waals surface area contributed by atoms with Gasteiger partial charge in [-0.2, -0.15) is 13.2 Å². The van der Waals surface area contributed by atoms with Gasteiger partial charge >= 0.3 is 6.18 Å². The second-order valence-electron chi connectivity index (χ2n) is 5.84. The summed E-state index contributed by atoms with van der Waals surface area (Å²) in [6, 6.07) is 0. The molecule has 2 N–H and O–H groups in total. The van der Waals surface area contributed by atoms with E-state index in [4.69, 9.17) is 9.47 Å². The van der Waals surface area contributed by atoms with Crippen LogP contribution in [0.15, 0.2) is 4.99 Å². The number of likely N-dealkylation sites (tertiary alicyclic amines) is 1. The van der Waals surface area contributed by atoms with E-state index >= 15 is 0 Å². The average molecular weight is 482 g/mol. The standard InChI is InChI=1S/C15H29F3N4O2.HI/c1-19-14(20-5-3-7-24-9-8-23-2)21-10-13-4-6-22(11-13)12-15(16,17)18;/h13H,3-12H2,1-2H3,(H2,19,20,21);1H. The summed E-state index contributed by atoms with van der Waals surface area (Å²) in [5.41, 5.74) is 0. The predicted octanol–water partition coefficient (Wildman–Crippen LogP) is 1.71. The third kappa shape index (κ3) is 12.6. The second kappa shape index (κ2) is 13.8. The molecule has 0 aromatic heterocycles. The number of guanidine groups is 1. The van der Waals surface area contributed by atoms with Crippen molar-refractivity contribution < 1.29 is 22.6 Å². The Morgan fingerprint density at radius 2 is 2.00 bits per heavy atom. The summed E-state index contributed by atoms with van der Waals surface area (Å²) in [5.74, 6) is 0.879. The van der Waals surface area contributed by atoms with Crippen molar-refractivity contribution in [1.82, 2.24) is 15.5 Å². The molecule has 0 aromatic rings. The number of nitrogens with zero attached hydrogens (tertiary/aromatic N) is 2. The lowest BCUT2D eigenvalue weighted by Gasteiger charge is -2.18. The Hall–Kier alpha value is -0.330. The summed E-state index contributed by atoms with van der Waals surface area (Å²) in [6.45, 7) is 3.30. The highest BCUT2D eigenvalue weighted by Crippen LogP contribution is 2.22. The van der Waals surface area contributed by atoms with E-state index < -0.39 is 12.7 Å². The maximum atomic E-state index is 12.4. The molecule has 0 aliphatic carbocycles. The van der Waals surface area contributed by atoms with Crippen LogP contribution < -0.4 is 10.6 Å². The van der Waals surface area contributed by atoms with Gasteiger partial charge < -0.3 is 20.1 Å². The number of halogens is 4. The van der Waals surface area contributed by atoms with Crippen molar-refractivity contribution in [2.24, 2.45) is 10.9 Å². The summed E-state index contributed by atoms with van der Waals surface area (Å²) in [4.78, 5) is 5.57. The molecule has 0 radical (unpaired) electrons. The number of aliphatic imine (C=N–C) groups is 1. The van der Waals surface area contributed by atoms with Crippen LogP contribution in [0.3, 0.4) is 0 Å². The van der Waals surface area contributed by atoms with Crippen molar-refractivity contribution in [3.63, 3.8) is 0 Å². The molecule has 1 heterocycles. The SMILES string of the molecule is CN=C(NCCCOCCOC)NCC1CCN(CC(F)(F)F)C1.I. The highest BCUT2D eigenvalue weighted by Gasteiger charge is 2.34. The van der Waals surface area contributed by atoms with Crippen LogP contribution in [0.25, 0.3) is 0 Å². The van der Waals surface area contributed by atoms with Crippen molar-refractivity contribution in [2.75, 3.05) is 66.7 Å². The lowest BCUT2D eigenvalue weighted by Crippen LogP contribution is -2.41. The van der Waals surface area contributed by atoms with E-state index in [0.717, 1.165) is 19.4 Å². The lowest BCUT2D eigenvalue weighted by atomic mass is 10.1. The monoisotopic (exact) mass is 482 g/mol. The van der Waals surface area contributed by atoms with Crippen LogP contribution in [0, 0.1) is 5.92 Å². The number of hydrogen-bond donors (Lipinski definition) is 2. The largest absolute Gasteiger partial charge is 0.401 e. The summed E-state index contributed by atoms with van der Waals surface area (Å²) >= 11 is 0. The molecule has 1 atom stereocenters. The first-order chi connectivity index (χ1) is 11.4. The molecule has 1 saturated heterocycles. The van der Waals surface area contributed by atoms with Crippen molar-refractivity contribution in [3.8, 4) is 0 Å². The van der Waals surface area contributed by atoms with E-state index in [1.807, 2.05) is 0 Å². The Morgan fingerprint density at radius 1 is 1.24 bits per heavy atom. The Balaban J connectivity index is 0.00000576. The van der Waals surface area contributed by atoms with Crippen LogP contribution in [0.1, 0.15) is 12.8 Å². The number of methoxy groups -OCH3 is 1. The summed E-state index contributed by atoms with van der Waals surface area (Å²) < 4.78 is 47.4. The maximum Gasteiger partial charge on any atom is 0.401 e. The molecular weight excluding hydrogens is 452 g/mol. The zero-order valence-electron chi connectivity index (χ0n) is 14.9. The molecule has 0 spiro atoms. The first kappa shape index (κ1) is 24.7. The van der Waals surface area contributed by atoms with E-state index in [-0.39, 0.29) is 29.9 Å². The summed E-state index contributed by atoms with van der Waals surface area (Å²) in [7, 11) is 3.31. The van der Waals surface area contributed by atoms with Crippen LogP contribution in [-0.4, -0.2) is 83.7 Å². The minimum absolute atomic E-state index is 0. The third-order valence-corrected chi connectivity index (χ3v) is 3.74. The van der Waals surface area contributed by atoms with Crippen LogP contribution in [0.4, 0.5) is 13.2 Å². The van der Waals surface area contributed by atoms with E-state index in [1.165, 1.54) is 4.90 Å². The van der Waals surface area contributed by atoms with E-state index in [0.29, 0.717) is 45.4 Å². The van der Waals surface area contributed by atoms with Gasteiger partial charge in [-0.25, -0.2) is 0 Å². The van der Waals surface area contributed by atoms with Crippen LogP contribution >= 0.6 is 24.0 Å². The molecule has 25 heavy (non-hydrogen) atoms. The average Bonchev–Trinajstić information content (AvgIpc) is 2.94. The van der Waals surface area contributed by atoms with Crippen LogP contribution in [-0.2, 0) is 9.47 Å². The highest BCUT2D eigenvalue weighted by molar-refractivity contribution is 14.0. The van der Waals surface area contributed by atoms with Gasteiger partial charge in [0.05, 0.1) is 19.8 Å². The first-order valence-corrected chi connectivity index (χ1v) is 8.25. The Kier molecular flexibility index (Phi) is 13.6. The van der Waals surface area contributed by atoms with Gasteiger partial charge in [0.25, 0.3) is 0 Å². The normalized spacial score (nSPS) is 18.9. The fraction of sp³-hybridized carbons (Fsp3) is 0.933. The van der Waals surface area contributed by atoms with Crippen molar-refractivity contribution in [2.45, 2.75) is 19.0 Å². The molecule has 150 valence electrons. The van der Waals surface area contributed by atoms with Gasteiger partial charge in [0, 0.05) is 40.4 Å². The van der Waals surface area contributed by atoms with Crippen LogP contribution in [0.2, 0.25) is 0 Å². The Labute approximate surface area is 164 Å². The molecule has 1 fully saturated rings. The maximum absolute atomic E-state index is 12.4. The molecule has 6 nitrogen and oxygen atoms in total. The molecule has 1 aliphatic rings.